The van der Waals surface area contributed by atoms with Gasteiger partial charge in [0.2, 0.25) is 0 Å². The Morgan fingerprint density at radius 2 is 1.87 bits per heavy atom. The van der Waals surface area contributed by atoms with Crippen molar-refractivity contribution in [2.45, 2.75) is 26.1 Å². The van der Waals surface area contributed by atoms with E-state index in [2.05, 4.69) is 61.1 Å². The minimum atomic E-state index is 0. The quantitative estimate of drug-likeness (QED) is 0.313. The molecule has 0 unspecified atom stereocenters. The van der Waals surface area contributed by atoms with Crippen molar-refractivity contribution in [2.24, 2.45) is 4.99 Å². The van der Waals surface area contributed by atoms with Gasteiger partial charge in [0.1, 0.15) is 0 Å². The van der Waals surface area contributed by atoms with Crippen molar-refractivity contribution in [1.29, 1.82) is 0 Å². The third-order valence-electron chi connectivity index (χ3n) is 5.89. The predicted molar refractivity (Wildman–Crippen MR) is 139 cm³/mol. The second-order valence-corrected chi connectivity index (χ2v) is 8.91. The number of benzene rings is 1. The molecule has 0 aliphatic carbocycles. The maximum atomic E-state index is 5.47. The normalized spacial score (nSPS) is 17.6. The van der Waals surface area contributed by atoms with Crippen LogP contribution < -0.4 is 10.6 Å². The third-order valence-corrected chi connectivity index (χ3v) is 6.92. The third kappa shape index (κ3) is 7.15. The number of nitrogens with one attached hydrogen (secondary N) is 2. The molecule has 2 aliphatic heterocycles. The first-order chi connectivity index (χ1) is 14.8. The molecule has 4 rings (SSSR count). The number of ether oxygens (including phenoxy) is 1. The molecule has 0 spiro atoms. The number of fused-ring (bicyclic) bond motifs is 1. The predicted octanol–water partition coefficient (Wildman–Crippen LogP) is 2.92. The van der Waals surface area contributed by atoms with Crippen LogP contribution in [0.4, 0.5) is 0 Å². The highest BCUT2D eigenvalue weighted by Gasteiger charge is 2.17. The van der Waals surface area contributed by atoms with E-state index in [1.165, 1.54) is 23.1 Å². The molecule has 2 aromatic rings. The van der Waals surface area contributed by atoms with Crippen molar-refractivity contribution in [2.75, 3.05) is 53.0 Å². The molecule has 0 amide bonds. The van der Waals surface area contributed by atoms with Crippen molar-refractivity contribution < 1.29 is 4.74 Å². The molecule has 2 N–H and O–H groups in total. The summed E-state index contributed by atoms with van der Waals surface area (Å²) >= 11 is 1.90. The molecule has 170 valence electrons. The number of thiophene rings is 1. The van der Waals surface area contributed by atoms with Gasteiger partial charge in [-0.2, -0.15) is 0 Å². The Kier molecular flexibility index (Phi) is 10.0. The first-order valence-electron chi connectivity index (χ1n) is 10.9. The van der Waals surface area contributed by atoms with Crippen molar-refractivity contribution in [3.8, 4) is 0 Å². The van der Waals surface area contributed by atoms with Gasteiger partial charge in [0.15, 0.2) is 5.96 Å². The molecule has 0 atom stereocenters. The zero-order valence-electron chi connectivity index (χ0n) is 18.3. The van der Waals surface area contributed by atoms with Crippen LogP contribution in [0.5, 0.6) is 0 Å². The zero-order chi connectivity index (χ0) is 20.6. The molecule has 8 heteroatoms. The van der Waals surface area contributed by atoms with Gasteiger partial charge in [-0.25, -0.2) is 0 Å². The number of nitrogens with zero attached hydrogens (tertiary/aromatic N) is 3. The summed E-state index contributed by atoms with van der Waals surface area (Å²) in [5.41, 5.74) is 4.21. The fourth-order valence-corrected chi connectivity index (χ4v) is 5.00. The summed E-state index contributed by atoms with van der Waals surface area (Å²) in [5, 5.41) is 9.19. The first kappa shape index (κ1) is 24.4. The highest BCUT2D eigenvalue weighted by atomic mass is 127. The highest BCUT2D eigenvalue weighted by Crippen LogP contribution is 2.23. The van der Waals surface area contributed by atoms with E-state index < -0.39 is 0 Å². The summed E-state index contributed by atoms with van der Waals surface area (Å²) in [7, 11) is 1.84. The highest BCUT2D eigenvalue weighted by molar-refractivity contribution is 14.0. The molecule has 6 nitrogen and oxygen atoms in total. The van der Waals surface area contributed by atoms with E-state index >= 15 is 0 Å². The van der Waals surface area contributed by atoms with E-state index in [1.807, 2.05) is 18.4 Å². The average Bonchev–Trinajstić information content (AvgIpc) is 3.26. The molecule has 1 fully saturated rings. The summed E-state index contributed by atoms with van der Waals surface area (Å²) in [6.45, 7) is 9.59. The number of halogens is 1. The minimum absolute atomic E-state index is 0. The van der Waals surface area contributed by atoms with Gasteiger partial charge >= 0.3 is 0 Å². The fraction of sp³-hybridized carbons (Fsp3) is 0.522. The van der Waals surface area contributed by atoms with Crippen LogP contribution in [0.2, 0.25) is 0 Å². The molecule has 2 aliphatic rings. The summed E-state index contributed by atoms with van der Waals surface area (Å²) in [5.74, 6) is 0.865. The van der Waals surface area contributed by atoms with Gasteiger partial charge in [-0.15, -0.1) is 35.3 Å². The van der Waals surface area contributed by atoms with Gasteiger partial charge in [0, 0.05) is 64.3 Å². The van der Waals surface area contributed by atoms with E-state index in [-0.39, 0.29) is 24.0 Å². The molecule has 0 bridgehead atoms. The number of morpholine rings is 1. The smallest absolute Gasteiger partial charge is 0.191 e. The Morgan fingerprint density at radius 3 is 2.68 bits per heavy atom. The Bertz CT molecular complexity index is 837. The molecule has 1 aromatic carbocycles. The summed E-state index contributed by atoms with van der Waals surface area (Å²) in [4.78, 5) is 11.0. The molecule has 0 radical (unpaired) electrons. The Labute approximate surface area is 207 Å². The zero-order valence-corrected chi connectivity index (χ0v) is 21.5. The van der Waals surface area contributed by atoms with E-state index in [9.17, 15) is 0 Å². The van der Waals surface area contributed by atoms with Gasteiger partial charge in [-0.05, 0) is 34.6 Å². The second-order valence-electron chi connectivity index (χ2n) is 7.90. The van der Waals surface area contributed by atoms with Gasteiger partial charge in [-0.3, -0.25) is 14.8 Å². The van der Waals surface area contributed by atoms with Crippen LogP contribution in [0.15, 0.2) is 40.7 Å². The molecular weight excluding hydrogens is 521 g/mol. The van der Waals surface area contributed by atoms with Gasteiger partial charge < -0.3 is 15.4 Å². The van der Waals surface area contributed by atoms with E-state index in [4.69, 9.17) is 4.74 Å². The number of guanidine groups is 1. The number of hydrogen-bond donors (Lipinski definition) is 2. The lowest BCUT2D eigenvalue weighted by Gasteiger charge is -2.28. The lowest BCUT2D eigenvalue weighted by Crippen LogP contribution is -2.42. The maximum absolute atomic E-state index is 5.47. The number of rotatable bonds is 7. The van der Waals surface area contributed by atoms with Gasteiger partial charge in [0.25, 0.3) is 0 Å². The SMILES string of the molecule is CN=C(NCCN1CCc2sccc2C1)NCc1ccccc1CN1CCOCC1.I. The molecule has 0 saturated carbocycles. The molecular formula is C23H34IN5OS. The van der Waals surface area contributed by atoms with Gasteiger partial charge in [0.05, 0.1) is 13.2 Å². The minimum Gasteiger partial charge on any atom is -0.379 e. The lowest BCUT2D eigenvalue weighted by atomic mass is 10.1. The fourth-order valence-electron chi connectivity index (χ4n) is 4.11. The summed E-state index contributed by atoms with van der Waals surface area (Å²) < 4.78 is 5.47. The molecule has 1 aromatic heterocycles. The lowest BCUT2D eigenvalue weighted by molar-refractivity contribution is 0.0341. The van der Waals surface area contributed by atoms with Crippen LogP contribution in [-0.4, -0.2) is 68.7 Å². The first-order valence-corrected chi connectivity index (χ1v) is 11.8. The van der Waals surface area contributed by atoms with Crippen LogP contribution in [0.3, 0.4) is 0 Å². The monoisotopic (exact) mass is 555 g/mol. The van der Waals surface area contributed by atoms with Crippen LogP contribution >= 0.6 is 35.3 Å². The molecule has 1 saturated heterocycles. The van der Waals surface area contributed by atoms with Crippen molar-refractivity contribution in [3.05, 3.63) is 57.3 Å². The second kappa shape index (κ2) is 12.7. The van der Waals surface area contributed by atoms with Crippen LogP contribution in [0.1, 0.15) is 21.6 Å². The Hall–Kier alpha value is -1.20. The Balaban J connectivity index is 0.00000272. The topological polar surface area (TPSA) is 52.1 Å². The molecule has 31 heavy (non-hydrogen) atoms. The summed E-state index contributed by atoms with van der Waals surface area (Å²) in [6, 6.07) is 11.0. The van der Waals surface area contributed by atoms with Crippen molar-refractivity contribution in [1.82, 2.24) is 20.4 Å². The van der Waals surface area contributed by atoms with Crippen molar-refractivity contribution in [3.63, 3.8) is 0 Å². The van der Waals surface area contributed by atoms with Crippen molar-refractivity contribution >= 4 is 41.3 Å². The number of hydrogen-bond acceptors (Lipinski definition) is 5. The standard InChI is InChI=1S/C23H33N5OS.HI/c1-24-23(25-8-10-27-9-6-22-21(18-27)7-15-30-22)26-16-19-4-2-3-5-20(19)17-28-11-13-29-14-12-28;/h2-5,7,15H,6,8-14,16-18H2,1H3,(H2,24,25,26);1H. The molecule has 3 heterocycles. The Morgan fingerprint density at radius 1 is 1.06 bits per heavy atom. The summed E-state index contributed by atoms with van der Waals surface area (Å²) in [6.07, 6.45) is 1.18. The average molecular weight is 556 g/mol. The van der Waals surface area contributed by atoms with E-state index in [0.717, 1.165) is 71.5 Å². The number of aliphatic imine (C=N–C) groups is 1. The van der Waals surface area contributed by atoms with Gasteiger partial charge in [-0.1, -0.05) is 24.3 Å². The van der Waals surface area contributed by atoms with E-state index in [1.54, 1.807) is 4.88 Å². The van der Waals surface area contributed by atoms with Crippen LogP contribution in [0.25, 0.3) is 0 Å². The maximum Gasteiger partial charge on any atom is 0.191 e. The van der Waals surface area contributed by atoms with Crippen LogP contribution in [-0.2, 0) is 30.8 Å². The largest absolute Gasteiger partial charge is 0.379 e. The van der Waals surface area contributed by atoms with E-state index in [0.29, 0.717) is 0 Å². The van der Waals surface area contributed by atoms with Crippen LogP contribution in [0, 0.1) is 0 Å².